The molecule has 1 spiro atoms. The Kier molecular flexibility index (Phi) is 4.36. The van der Waals surface area contributed by atoms with Crippen LogP contribution in [0, 0.1) is 0 Å². The van der Waals surface area contributed by atoms with Gasteiger partial charge in [-0.15, -0.1) is 0 Å². The normalized spacial score (nSPS) is 23.6. The average molecular weight is 291 g/mol. The van der Waals surface area contributed by atoms with Crippen molar-refractivity contribution in [2.75, 3.05) is 20.3 Å². The molecule has 2 aliphatic rings. The summed E-state index contributed by atoms with van der Waals surface area (Å²) in [7, 11) is 1.68. The quantitative estimate of drug-likeness (QED) is 0.906. The van der Waals surface area contributed by atoms with Crippen LogP contribution in [0.15, 0.2) is 18.2 Å². The van der Waals surface area contributed by atoms with Crippen LogP contribution < -0.4 is 15.2 Å². The molecule has 0 aromatic heterocycles. The molecule has 4 nitrogen and oxygen atoms in total. The van der Waals surface area contributed by atoms with Crippen LogP contribution in [0.5, 0.6) is 11.5 Å². The molecule has 0 radical (unpaired) electrons. The van der Waals surface area contributed by atoms with Gasteiger partial charge in [0.05, 0.1) is 19.3 Å². The maximum absolute atomic E-state index is 6.28. The fourth-order valence-electron chi connectivity index (χ4n) is 3.33. The maximum atomic E-state index is 6.28. The van der Waals surface area contributed by atoms with Crippen LogP contribution in [-0.4, -0.2) is 32.0 Å². The fourth-order valence-corrected chi connectivity index (χ4v) is 3.33. The molecule has 1 aliphatic carbocycles. The number of rotatable bonds is 5. The molecule has 1 saturated carbocycles. The SMILES string of the molecule is COc1ccc(OC2CCOC3(CCC3)C2)c(CCN)c1. The monoisotopic (exact) mass is 291 g/mol. The molecule has 4 heteroatoms. The van der Waals surface area contributed by atoms with Gasteiger partial charge >= 0.3 is 0 Å². The lowest BCUT2D eigenvalue weighted by Gasteiger charge is -2.47. The summed E-state index contributed by atoms with van der Waals surface area (Å²) in [5.74, 6) is 1.80. The molecule has 1 heterocycles. The largest absolute Gasteiger partial charge is 0.497 e. The molecule has 0 bridgehead atoms. The third-order valence-corrected chi connectivity index (χ3v) is 4.69. The number of benzene rings is 1. The number of hydrogen-bond acceptors (Lipinski definition) is 4. The smallest absolute Gasteiger partial charge is 0.123 e. The maximum Gasteiger partial charge on any atom is 0.123 e. The number of ether oxygens (including phenoxy) is 3. The Morgan fingerprint density at radius 3 is 2.90 bits per heavy atom. The molecule has 3 rings (SSSR count). The van der Waals surface area contributed by atoms with Crippen molar-refractivity contribution in [3.63, 3.8) is 0 Å². The topological polar surface area (TPSA) is 53.7 Å². The summed E-state index contributed by atoms with van der Waals surface area (Å²) >= 11 is 0. The van der Waals surface area contributed by atoms with Crippen LogP contribution >= 0.6 is 0 Å². The van der Waals surface area contributed by atoms with E-state index in [4.69, 9.17) is 19.9 Å². The second-order valence-corrected chi connectivity index (χ2v) is 6.13. The van der Waals surface area contributed by atoms with Gasteiger partial charge in [-0.1, -0.05) is 0 Å². The summed E-state index contributed by atoms with van der Waals surface area (Å²) in [6, 6.07) is 5.99. The van der Waals surface area contributed by atoms with E-state index >= 15 is 0 Å². The zero-order valence-corrected chi connectivity index (χ0v) is 12.8. The first kappa shape index (κ1) is 14.7. The van der Waals surface area contributed by atoms with Crippen LogP contribution in [0.3, 0.4) is 0 Å². The van der Waals surface area contributed by atoms with Gasteiger partial charge in [-0.05, 0) is 56.0 Å². The Hall–Kier alpha value is -1.26. The van der Waals surface area contributed by atoms with Crippen molar-refractivity contribution in [2.24, 2.45) is 5.73 Å². The van der Waals surface area contributed by atoms with Crippen molar-refractivity contribution in [3.05, 3.63) is 23.8 Å². The van der Waals surface area contributed by atoms with Gasteiger partial charge in [0.1, 0.15) is 17.6 Å². The van der Waals surface area contributed by atoms with Crippen molar-refractivity contribution in [1.29, 1.82) is 0 Å². The summed E-state index contributed by atoms with van der Waals surface area (Å²) in [4.78, 5) is 0. The summed E-state index contributed by atoms with van der Waals surface area (Å²) in [5, 5.41) is 0. The third kappa shape index (κ3) is 3.16. The van der Waals surface area contributed by atoms with Crippen LogP contribution in [0.1, 0.15) is 37.7 Å². The zero-order valence-electron chi connectivity index (χ0n) is 12.8. The molecule has 0 amide bonds. The lowest BCUT2D eigenvalue weighted by molar-refractivity contribution is -0.153. The lowest BCUT2D eigenvalue weighted by Crippen LogP contribution is -2.48. The van der Waals surface area contributed by atoms with Crippen molar-refractivity contribution >= 4 is 0 Å². The van der Waals surface area contributed by atoms with Crippen molar-refractivity contribution in [3.8, 4) is 11.5 Å². The average Bonchev–Trinajstić information content (AvgIpc) is 2.48. The van der Waals surface area contributed by atoms with Crippen LogP contribution in [0.4, 0.5) is 0 Å². The minimum atomic E-state index is 0.115. The summed E-state index contributed by atoms with van der Waals surface area (Å²) in [5.41, 5.74) is 6.96. The molecule has 1 aliphatic heterocycles. The van der Waals surface area contributed by atoms with Gasteiger partial charge < -0.3 is 19.9 Å². The second-order valence-electron chi connectivity index (χ2n) is 6.13. The number of methoxy groups -OCH3 is 1. The Bertz CT molecular complexity index is 485. The molecule has 2 N–H and O–H groups in total. The highest BCUT2D eigenvalue weighted by Crippen LogP contribution is 2.43. The fraction of sp³-hybridized carbons (Fsp3) is 0.647. The summed E-state index contributed by atoms with van der Waals surface area (Å²) < 4.78 is 17.5. The highest BCUT2D eigenvalue weighted by molar-refractivity contribution is 5.40. The molecule has 1 aromatic carbocycles. The standard InChI is InChI=1S/C17H25NO3/c1-19-14-3-4-16(13(11-14)5-9-18)21-15-6-10-20-17(12-15)7-2-8-17/h3-4,11,15H,2,5-10,12,18H2,1H3. The number of nitrogens with two attached hydrogens (primary N) is 1. The minimum Gasteiger partial charge on any atom is -0.497 e. The molecule has 2 fully saturated rings. The van der Waals surface area contributed by atoms with E-state index in [0.717, 1.165) is 42.9 Å². The first-order valence-corrected chi connectivity index (χ1v) is 7.92. The number of hydrogen-bond donors (Lipinski definition) is 1. The van der Waals surface area contributed by atoms with Gasteiger partial charge in [0.2, 0.25) is 0 Å². The molecular formula is C17H25NO3. The summed E-state index contributed by atoms with van der Waals surface area (Å²) in [6.07, 6.45) is 6.70. The van der Waals surface area contributed by atoms with Gasteiger partial charge in [-0.25, -0.2) is 0 Å². The van der Waals surface area contributed by atoms with Gasteiger partial charge in [0, 0.05) is 12.8 Å². The third-order valence-electron chi connectivity index (χ3n) is 4.69. The van der Waals surface area contributed by atoms with Crippen molar-refractivity contribution < 1.29 is 14.2 Å². The van der Waals surface area contributed by atoms with E-state index in [2.05, 4.69) is 0 Å². The molecule has 116 valence electrons. The van der Waals surface area contributed by atoms with Crippen LogP contribution in [0.25, 0.3) is 0 Å². The molecule has 1 saturated heterocycles. The Balaban J connectivity index is 1.71. The molecule has 1 atom stereocenters. The highest BCUT2D eigenvalue weighted by Gasteiger charge is 2.43. The van der Waals surface area contributed by atoms with E-state index in [-0.39, 0.29) is 11.7 Å². The van der Waals surface area contributed by atoms with Crippen LogP contribution in [-0.2, 0) is 11.2 Å². The van der Waals surface area contributed by atoms with Crippen LogP contribution in [0.2, 0.25) is 0 Å². The van der Waals surface area contributed by atoms with Gasteiger partial charge in [-0.2, -0.15) is 0 Å². The lowest BCUT2D eigenvalue weighted by atomic mass is 9.74. The van der Waals surface area contributed by atoms with E-state index in [0.29, 0.717) is 6.54 Å². The van der Waals surface area contributed by atoms with E-state index in [9.17, 15) is 0 Å². The van der Waals surface area contributed by atoms with E-state index in [1.54, 1.807) is 7.11 Å². The first-order chi connectivity index (χ1) is 10.2. The van der Waals surface area contributed by atoms with Gasteiger partial charge in [-0.3, -0.25) is 0 Å². The van der Waals surface area contributed by atoms with Gasteiger partial charge in [0.15, 0.2) is 0 Å². The molecule has 1 unspecified atom stereocenters. The Morgan fingerprint density at radius 2 is 2.24 bits per heavy atom. The first-order valence-electron chi connectivity index (χ1n) is 7.92. The van der Waals surface area contributed by atoms with E-state index in [1.165, 1.54) is 19.3 Å². The highest BCUT2D eigenvalue weighted by atomic mass is 16.5. The van der Waals surface area contributed by atoms with E-state index < -0.39 is 0 Å². The minimum absolute atomic E-state index is 0.115. The zero-order chi connectivity index (χ0) is 14.7. The van der Waals surface area contributed by atoms with E-state index in [1.807, 2.05) is 18.2 Å². The Labute approximate surface area is 126 Å². The molecule has 1 aromatic rings. The Morgan fingerprint density at radius 1 is 1.38 bits per heavy atom. The summed E-state index contributed by atoms with van der Waals surface area (Å²) in [6.45, 7) is 1.42. The molecular weight excluding hydrogens is 266 g/mol. The molecule has 21 heavy (non-hydrogen) atoms. The predicted molar refractivity (Wildman–Crippen MR) is 81.9 cm³/mol. The second kappa shape index (κ2) is 6.24. The van der Waals surface area contributed by atoms with Crippen molar-refractivity contribution in [2.45, 2.75) is 50.2 Å². The predicted octanol–water partition coefficient (Wildman–Crippen LogP) is 2.68. The van der Waals surface area contributed by atoms with Gasteiger partial charge in [0.25, 0.3) is 0 Å². The van der Waals surface area contributed by atoms with Crippen molar-refractivity contribution in [1.82, 2.24) is 0 Å².